The smallest absolute Gasteiger partial charge is 0.191 e. The molecule has 2 rings (SSSR count). The van der Waals surface area contributed by atoms with Gasteiger partial charge in [0.1, 0.15) is 0 Å². The van der Waals surface area contributed by atoms with E-state index in [1.54, 1.807) is 0 Å². The van der Waals surface area contributed by atoms with Crippen LogP contribution in [0.4, 0.5) is 0 Å². The van der Waals surface area contributed by atoms with Gasteiger partial charge in [0.15, 0.2) is 5.96 Å². The topological polar surface area (TPSA) is 48.9 Å². The number of nitrogens with one attached hydrogen (secondary N) is 2. The van der Waals surface area contributed by atoms with Gasteiger partial charge in [-0.1, -0.05) is 44.0 Å². The molecule has 0 spiro atoms. The highest BCUT2D eigenvalue weighted by atomic mass is 127. The first-order chi connectivity index (χ1) is 12.3. The van der Waals surface area contributed by atoms with Crippen LogP contribution in [0, 0.1) is 0 Å². The Morgan fingerprint density at radius 3 is 2.62 bits per heavy atom. The average Bonchev–Trinajstić information content (AvgIpc) is 2.64. The zero-order chi connectivity index (χ0) is 17.7. The molecule has 1 fully saturated rings. The maximum absolute atomic E-state index is 5.42. The highest BCUT2D eigenvalue weighted by molar-refractivity contribution is 14.0. The van der Waals surface area contributed by atoms with E-state index in [4.69, 9.17) is 9.73 Å². The van der Waals surface area contributed by atoms with Crippen LogP contribution in [-0.2, 0) is 17.8 Å². The first-order valence-electron chi connectivity index (χ1n) is 9.72. The molecule has 1 heterocycles. The third kappa shape index (κ3) is 9.19. The third-order valence-electron chi connectivity index (χ3n) is 4.34. The number of hydrogen-bond donors (Lipinski definition) is 2. The van der Waals surface area contributed by atoms with Crippen molar-refractivity contribution >= 4 is 29.9 Å². The van der Waals surface area contributed by atoms with Crippen LogP contribution in [-0.4, -0.2) is 50.3 Å². The molecule has 1 saturated heterocycles. The summed E-state index contributed by atoms with van der Waals surface area (Å²) < 4.78 is 5.42. The highest BCUT2D eigenvalue weighted by Crippen LogP contribution is 2.11. The van der Waals surface area contributed by atoms with Crippen LogP contribution >= 0.6 is 24.0 Å². The Labute approximate surface area is 176 Å². The summed E-state index contributed by atoms with van der Waals surface area (Å²) >= 11 is 0. The lowest BCUT2D eigenvalue weighted by atomic mass is 10.1. The molecule has 0 aliphatic carbocycles. The Kier molecular flexibility index (Phi) is 12.7. The van der Waals surface area contributed by atoms with Gasteiger partial charge in [-0.3, -0.25) is 4.90 Å². The van der Waals surface area contributed by atoms with Crippen LogP contribution in [0.15, 0.2) is 29.3 Å². The number of nitrogens with zero attached hydrogens (tertiary/aromatic N) is 2. The minimum Gasteiger partial charge on any atom is -0.379 e. The zero-order valence-electron chi connectivity index (χ0n) is 16.3. The number of unbranched alkanes of at least 4 members (excludes halogenated alkanes) is 2. The van der Waals surface area contributed by atoms with Crippen molar-refractivity contribution in [3.63, 3.8) is 0 Å². The number of rotatable bonds is 9. The molecular weight excluding hydrogens is 439 g/mol. The summed E-state index contributed by atoms with van der Waals surface area (Å²) in [6.45, 7) is 11.6. The maximum atomic E-state index is 5.42. The second-order valence-electron chi connectivity index (χ2n) is 6.54. The molecule has 1 aliphatic rings. The van der Waals surface area contributed by atoms with Gasteiger partial charge in [0.2, 0.25) is 0 Å². The van der Waals surface area contributed by atoms with E-state index in [0.717, 1.165) is 51.9 Å². The van der Waals surface area contributed by atoms with Gasteiger partial charge in [-0.15, -0.1) is 24.0 Å². The van der Waals surface area contributed by atoms with Crippen molar-refractivity contribution < 1.29 is 4.74 Å². The van der Waals surface area contributed by atoms with Crippen LogP contribution < -0.4 is 10.6 Å². The summed E-state index contributed by atoms with van der Waals surface area (Å²) in [5.74, 6) is 0.914. The highest BCUT2D eigenvalue weighted by Gasteiger charge is 2.10. The van der Waals surface area contributed by atoms with Crippen LogP contribution in [0.1, 0.15) is 44.2 Å². The van der Waals surface area contributed by atoms with Gasteiger partial charge >= 0.3 is 0 Å². The Hall–Kier alpha value is -0.860. The molecule has 0 amide bonds. The third-order valence-corrected chi connectivity index (χ3v) is 4.34. The van der Waals surface area contributed by atoms with Gasteiger partial charge in [-0.25, -0.2) is 4.99 Å². The molecule has 1 aromatic carbocycles. The van der Waals surface area contributed by atoms with E-state index in [-0.39, 0.29) is 24.0 Å². The molecule has 0 aromatic heterocycles. The molecule has 1 aromatic rings. The predicted octanol–water partition coefficient (Wildman–Crippen LogP) is 3.38. The number of ether oxygens (including phenoxy) is 1. The molecule has 0 saturated carbocycles. The van der Waals surface area contributed by atoms with Crippen molar-refractivity contribution in [1.29, 1.82) is 0 Å². The molecule has 1 aliphatic heterocycles. The lowest BCUT2D eigenvalue weighted by molar-refractivity contribution is 0.0342. The molecule has 0 radical (unpaired) electrons. The van der Waals surface area contributed by atoms with E-state index in [2.05, 4.69) is 53.6 Å². The van der Waals surface area contributed by atoms with Crippen LogP contribution in [0.2, 0.25) is 0 Å². The molecule has 148 valence electrons. The van der Waals surface area contributed by atoms with Crippen molar-refractivity contribution in [3.05, 3.63) is 35.4 Å². The monoisotopic (exact) mass is 474 g/mol. The average molecular weight is 474 g/mol. The lowest BCUT2D eigenvalue weighted by Crippen LogP contribution is -2.37. The van der Waals surface area contributed by atoms with E-state index >= 15 is 0 Å². The van der Waals surface area contributed by atoms with Gasteiger partial charge in [-0.2, -0.15) is 0 Å². The van der Waals surface area contributed by atoms with Crippen molar-refractivity contribution in [3.8, 4) is 0 Å². The molecule has 26 heavy (non-hydrogen) atoms. The number of hydrogen-bond acceptors (Lipinski definition) is 3. The van der Waals surface area contributed by atoms with Crippen molar-refractivity contribution in [2.75, 3.05) is 39.4 Å². The molecule has 5 nitrogen and oxygen atoms in total. The minimum atomic E-state index is 0. The Balaban J connectivity index is 0.00000338. The predicted molar refractivity (Wildman–Crippen MR) is 120 cm³/mol. The van der Waals surface area contributed by atoms with Crippen LogP contribution in [0.25, 0.3) is 0 Å². The summed E-state index contributed by atoms with van der Waals surface area (Å²) in [4.78, 5) is 7.18. The Morgan fingerprint density at radius 2 is 1.88 bits per heavy atom. The number of benzene rings is 1. The molecule has 0 bridgehead atoms. The summed E-state index contributed by atoms with van der Waals surface area (Å²) in [7, 11) is 0. The van der Waals surface area contributed by atoms with E-state index in [9.17, 15) is 0 Å². The van der Waals surface area contributed by atoms with Gasteiger partial charge < -0.3 is 15.4 Å². The molecule has 2 N–H and O–H groups in total. The SMILES string of the molecule is CCCCCNC(=NCc1cccc(CN2CCOCC2)c1)NCC.I. The summed E-state index contributed by atoms with van der Waals surface area (Å²) in [5.41, 5.74) is 2.62. The van der Waals surface area contributed by atoms with Crippen LogP contribution in [0.5, 0.6) is 0 Å². The normalized spacial score (nSPS) is 15.4. The van der Waals surface area contributed by atoms with Gasteiger partial charge in [0.25, 0.3) is 0 Å². The summed E-state index contributed by atoms with van der Waals surface area (Å²) in [6.07, 6.45) is 3.69. The van der Waals surface area contributed by atoms with Gasteiger partial charge in [0.05, 0.1) is 19.8 Å². The Morgan fingerprint density at radius 1 is 1.12 bits per heavy atom. The fourth-order valence-electron chi connectivity index (χ4n) is 2.94. The minimum absolute atomic E-state index is 0. The largest absolute Gasteiger partial charge is 0.379 e. The van der Waals surface area contributed by atoms with Crippen molar-refractivity contribution in [1.82, 2.24) is 15.5 Å². The molecular formula is C20H35IN4O. The first kappa shape index (κ1) is 23.2. The molecule has 6 heteroatoms. The van der Waals surface area contributed by atoms with E-state index < -0.39 is 0 Å². The number of halogens is 1. The number of morpholine rings is 1. The van der Waals surface area contributed by atoms with Gasteiger partial charge in [-0.05, 0) is 24.5 Å². The van der Waals surface area contributed by atoms with Crippen molar-refractivity contribution in [2.24, 2.45) is 4.99 Å². The number of guanidine groups is 1. The first-order valence-corrected chi connectivity index (χ1v) is 9.72. The quantitative estimate of drug-likeness (QED) is 0.250. The van der Waals surface area contributed by atoms with Gasteiger partial charge in [0, 0.05) is 32.7 Å². The fraction of sp³-hybridized carbons (Fsp3) is 0.650. The van der Waals surface area contributed by atoms with Crippen molar-refractivity contribution in [2.45, 2.75) is 46.2 Å². The van der Waals surface area contributed by atoms with E-state index in [0.29, 0.717) is 6.54 Å². The fourth-order valence-corrected chi connectivity index (χ4v) is 2.94. The summed E-state index contributed by atoms with van der Waals surface area (Å²) in [5, 5.41) is 6.75. The summed E-state index contributed by atoms with van der Waals surface area (Å²) in [6, 6.07) is 8.78. The number of aliphatic imine (C=N–C) groups is 1. The van der Waals surface area contributed by atoms with Crippen LogP contribution in [0.3, 0.4) is 0 Å². The second-order valence-corrected chi connectivity index (χ2v) is 6.54. The van der Waals surface area contributed by atoms with E-state index in [1.807, 2.05) is 0 Å². The lowest BCUT2D eigenvalue weighted by Gasteiger charge is -2.26. The zero-order valence-corrected chi connectivity index (χ0v) is 18.6. The molecule has 0 atom stereocenters. The maximum Gasteiger partial charge on any atom is 0.191 e. The standard InChI is InChI=1S/C20H34N4O.HI/c1-3-5-6-10-22-20(21-4-2)23-16-18-8-7-9-19(15-18)17-24-11-13-25-14-12-24;/h7-9,15H,3-6,10-14,16-17H2,1-2H3,(H2,21,22,23);1H. The van der Waals surface area contributed by atoms with E-state index in [1.165, 1.54) is 30.4 Å². The second kappa shape index (κ2) is 14.2. The Bertz CT molecular complexity index is 518. The molecule has 0 unspecified atom stereocenters.